The van der Waals surface area contributed by atoms with Gasteiger partial charge in [-0.2, -0.15) is 11.8 Å². The lowest BCUT2D eigenvalue weighted by molar-refractivity contribution is -0.344. The summed E-state index contributed by atoms with van der Waals surface area (Å²) in [7, 11) is 0. The molecule has 1 unspecified atom stereocenters. The van der Waals surface area contributed by atoms with E-state index < -0.39 is 11.9 Å². The Hall–Kier alpha value is -1.31. The standard InChI is InChI=1S/C29H44O6S/c1-18-8-11-23-28(5,14-12-24-29(23,6)17-33-27(3,4)35-24)21(18)10-9-20-22(16-32-26(20)31)34-25(30)19(2)13-15-36-7/h9,19,21-24H,1,8,10-17H2,2-7H3/b20-9+/t19-,21-,22+,23?,24+,28+,29-/m0/s1. The fourth-order valence-corrected chi connectivity index (χ4v) is 7.77. The van der Waals surface area contributed by atoms with Gasteiger partial charge in [0.25, 0.3) is 0 Å². The zero-order chi connectivity index (χ0) is 26.3. The van der Waals surface area contributed by atoms with E-state index in [0.717, 1.165) is 37.9 Å². The molecule has 0 aromatic rings. The van der Waals surface area contributed by atoms with Crippen LogP contribution in [0.25, 0.3) is 0 Å². The number of hydrogen-bond donors (Lipinski definition) is 0. The molecule has 7 atom stereocenters. The highest BCUT2D eigenvalue weighted by atomic mass is 32.2. The molecule has 2 saturated carbocycles. The molecule has 4 fully saturated rings. The van der Waals surface area contributed by atoms with E-state index in [2.05, 4.69) is 20.4 Å². The van der Waals surface area contributed by atoms with Gasteiger partial charge >= 0.3 is 11.9 Å². The number of ether oxygens (including phenoxy) is 4. The summed E-state index contributed by atoms with van der Waals surface area (Å²) < 4.78 is 23.6. The summed E-state index contributed by atoms with van der Waals surface area (Å²) in [5, 5.41) is 0. The fraction of sp³-hybridized carbons (Fsp3) is 0.793. The van der Waals surface area contributed by atoms with E-state index in [4.69, 9.17) is 18.9 Å². The summed E-state index contributed by atoms with van der Waals surface area (Å²) in [6.07, 6.45) is 9.10. The lowest BCUT2D eigenvalue weighted by atomic mass is 9.46. The third-order valence-electron chi connectivity index (χ3n) is 9.41. The Kier molecular flexibility index (Phi) is 8.05. The smallest absolute Gasteiger partial charge is 0.337 e. The number of esters is 2. The molecule has 2 aliphatic carbocycles. The van der Waals surface area contributed by atoms with Crippen LogP contribution in [0.3, 0.4) is 0 Å². The second-order valence-corrected chi connectivity index (χ2v) is 13.2. The van der Waals surface area contributed by atoms with Crippen LogP contribution in [0.1, 0.15) is 73.1 Å². The Morgan fingerprint density at radius 1 is 1.25 bits per heavy atom. The van der Waals surface area contributed by atoms with E-state index in [1.807, 2.05) is 33.1 Å². The molecule has 6 nitrogen and oxygen atoms in total. The van der Waals surface area contributed by atoms with Gasteiger partial charge in [0.1, 0.15) is 6.61 Å². The fourth-order valence-electron chi connectivity index (χ4n) is 7.18. The van der Waals surface area contributed by atoms with Crippen molar-refractivity contribution >= 4 is 23.7 Å². The molecule has 0 bridgehead atoms. The van der Waals surface area contributed by atoms with Crippen LogP contribution in [0.2, 0.25) is 0 Å². The van der Waals surface area contributed by atoms with Crippen LogP contribution in [0.15, 0.2) is 23.8 Å². The maximum atomic E-state index is 12.6. The molecule has 36 heavy (non-hydrogen) atoms. The maximum Gasteiger partial charge on any atom is 0.337 e. The molecule has 0 aromatic heterocycles. The van der Waals surface area contributed by atoms with Crippen LogP contribution >= 0.6 is 11.8 Å². The molecule has 4 rings (SSSR count). The van der Waals surface area contributed by atoms with Gasteiger partial charge in [0.2, 0.25) is 0 Å². The van der Waals surface area contributed by atoms with E-state index in [1.54, 1.807) is 11.8 Å². The number of allylic oxidation sites excluding steroid dienone is 2. The van der Waals surface area contributed by atoms with Gasteiger partial charge in [0.15, 0.2) is 11.9 Å². The van der Waals surface area contributed by atoms with Gasteiger partial charge in [-0.1, -0.05) is 39.0 Å². The van der Waals surface area contributed by atoms with Crippen molar-refractivity contribution in [1.29, 1.82) is 0 Å². The average molecular weight is 521 g/mol. The second kappa shape index (κ2) is 10.5. The number of fused-ring (bicyclic) bond motifs is 3. The molecule has 0 N–H and O–H groups in total. The SMILES string of the molecule is C=C1CCC2[C@]3(C)COC(C)(C)O[C@@H]3CC[C@]2(C)[C@H]1C/C=C1/C(=O)OC[C@H]1OC(=O)[C@@H](C)CCSC. The summed E-state index contributed by atoms with van der Waals surface area (Å²) in [5.41, 5.74) is 1.71. The van der Waals surface area contributed by atoms with E-state index in [9.17, 15) is 9.59 Å². The first-order valence-electron chi connectivity index (χ1n) is 13.5. The first-order valence-corrected chi connectivity index (χ1v) is 14.9. The summed E-state index contributed by atoms with van der Waals surface area (Å²) in [5.74, 6) is 0.196. The Balaban J connectivity index is 1.51. The molecule has 0 aromatic carbocycles. The summed E-state index contributed by atoms with van der Waals surface area (Å²) in [6.45, 7) is 15.9. The number of thioether (sulfide) groups is 1. The van der Waals surface area contributed by atoms with E-state index in [0.29, 0.717) is 24.5 Å². The highest BCUT2D eigenvalue weighted by molar-refractivity contribution is 7.98. The zero-order valence-corrected chi connectivity index (χ0v) is 23.7. The van der Waals surface area contributed by atoms with Gasteiger partial charge in [-0.15, -0.1) is 0 Å². The Morgan fingerprint density at radius 2 is 2.00 bits per heavy atom. The molecular formula is C29H44O6S. The van der Waals surface area contributed by atoms with Gasteiger partial charge in [-0.05, 0) is 81.6 Å². The molecule has 2 heterocycles. The predicted octanol–water partition coefficient (Wildman–Crippen LogP) is 5.70. The largest absolute Gasteiger partial charge is 0.458 e. The molecule has 0 radical (unpaired) electrons. The van der Waals surface area contributed by atoms with Crippen molar-refractivity contribution in [2.75, 3.05) is 25.2 Å². The van der Waals surface area contributed by atoms with Gasteiger partial charge in [-0.25, -0.2) is 4.79 Å². The molecular weight excluding hydrogens is 476 g/mol. The first-order chi connectivity index (χ1) is 16.9. The minimum atomic E-state index is -0.627. The van der Waals surface area contributed by atoms with Crippen molar-refractivity contribution in [1.82, 2.24) is 0 Å². The van der Waals surface area contributed by atoms with Crippen molar-refractivity contribution in [2.45, 2.75) is 91.1 Å². The highest BCUT2D eigenvalue weighted by Crippen LogP contribution is 2.63. The van der Waals surface area contributed by atoms with Gasteiger partial charge in [0.05, 0.1) is 24.2 Å². The average Bonchev–Trinajstić information content (AvgIpc) is 3.16. The number of rotatable bonds is 7. The zero-order valence-electron chi connectivity index (χ0n) is 22.9. The topological polar surface area (TPSA) is 71.1 Å². The van der Waals surface area contributed by atoms with E-state index in [-0.39, 0.29) is 47.3 Å². The molecule has 0 amide bonds. The van der Waals surface area contributed by atoms with Gasteiger partial charge in [-0.3, -0.25) is 4.79 Å². The molecule has 0 spiro atoms. The molecule has 7 heteroatoms. The Morgan fingerprint density at radius 3 is 2.72 bits per heavy atom. The first kappa shape index (κ1) is 27.7. The third kappa shape index (κ3) is 5.17. The van der Waals surface area contributed by atoms with Crippen molar-refractivity contribution < 1.29 is 28.5 Å². The number of carbonyl (C=O) groups excluding carboxylic acids is 2. The molecule has 4 aliphatic rings. The van der Waals surface area contributed by atoms with Crippen LogP contribution < -0.4 is 0 Å². The van der Waals surface area contributed by atoms with E-state index in [1.165, 1.54) is 5.57 Å². The summed E-state index contributed by atoms with van der Waals surface area (Å²) >= 11 is 1.71. The lowest BCUT2D eigenvalue weighted by Gasteiger charge is -2.63. The van der Waals surface area contributed by atoms with Gasteiger partial charge < -0.3 is 18.9 Å². The predicted molar refractivity (Wildman–Crippen MR) is 141 cm³/mol. The molecule has 2 saturated heterocycles. The Labute approximate surface area is 220 Å². The number of hydrogen-bond acceptors (Lipinski definition) is 7. The van der Waals surface area contributed by atoms with Gasteiger partial charge in [0, 0.05) is 5.41 Å². The van der Waals surface area contributed by atoms with Crippen molar-refractivity contribution in [3.8, 4) is 0 Å². The Bertz CT molecular complexity index is 911. The molecule has 202 valence electrons. The second-order valence-electron chi connectivity index (χ2n) is 12.2. The summed E-state index contributed by atoms with van der Waals surface area (Å²) in [6, 6.07) is 0. The summed E-state index contributed by atoms with van der Waals surface area (Å²) in [4.78, 5) is 25.2. The monoisotopic (exact) mass is 520 g/mol. The van der Waals surface area contributed by atoms with Crippen molar-refractivity contribution in [3.63, 3.8) is 0 Å². The van der Waals surface area contributed by atoms with Crippen LogP contribution in [0.4, 0.5) is 0 Å². The van der Waals surface area contributed by atoms with Crippen molar-refractivity contribution in [3.05, 3.63) is 23.8 Å². The normalized spacial score (nSPS) is 39.8. The highest BCUT2D eigenvalue weighted by Gasteiger charge is 2.60. The quantitative estimate of drug-likeness (QED) is 0.242. The van der Waals surface area contributed by atoms with Crippen LogP contribution in [-0.4, -0.2) is 55.2 Å². The van der Waals surface area contributed by atoms with Crippen LogP contribution in [-0.2, 0) is 28.5 Å². The minimum absolute atomic E-state index is 0.0346. The van der Waals surface area contributed by atoms with Crippen LogP contribution in [0, 0.1) is 28.6 Å². The van der Waals surface area contributed by atoms with Crippen LogP contribution in [0.5, 0.6) is 0 Å². The number of cyclic esters (lactones) is 1. The third-order valence-corrected chi connectivity index (χ3v) is 10.1. The molecule has 2 aliphatic heterocycles. The van der Waals surface area contributed by atoms with Crippen molar-refractivity contribution in [2.24, 2.45) is 28.6 Å². The maximum absolute atomic E-state index is 12.6. The minimum Gasteiger partial charge on any atom is -0.458 e. The lowest BCUT2D eigenvalue weighted by Crippen LogP contribution is -2.62. The number of carbonyl (C=O) groups is 2. The van der Waals surface area contributed by atoms with E-state index >= 15 is 0 Å².